The van der Waals surface area contributed by atoms with E-state index in [1.165, 1.54) is 11.3 Å². The largest absolute Gasteiger partial charge is 0.491 e. The van der Waals surface area contributed by atoms with Gasteiger partial charge in [-0.05, 0) is 61.2 Å². The van der Waals surface area contributed by atoms with Crippen molar-refractivity contribution in [3.8, 4) is 5.75 Å². The Morgan fingerprint density at radius 3 is 2.70 bits per heavy atom. The number of piperidine rings is 1. The Hall–Kier alpha value is -3.09. The molecule has 3 aromatic rings. The van der Waals surface area contributed by atoms with Gasteiger partial charge in [0.1, 0.15) is 18.2 Å². The van der Waals surface area contributed by atoms with E-state index in [1.54, 1.807) is 7.11 Å². The lowest BCUT2D eigenvalue weighted by Crippen LogP contribution is -2.39. The van der Waals surface area contributed by atoms with Crippen LogP contribution in [0.25, 0.3) is 10.9 Å². The first kappa shape index (κ1) is 23.1. The van der Waals surface area contributed by atoms with Crippen LogP contribution in [-0.4, -0.2) is 44.4 Å². The zero-order valence-electron chi connectivity index (χ0n) is 19.7. The molecule has 33 heavy (non-hydrogen) atoms. The van der Waals surface area contributed by atoms with Crippen molar-refractivity contribution in [3.05, 3.63) is 66.9 Å². The fraction of sp³-hybridized carbons (Fsp3) is 0.370. The Bertz CT molecular complexity index is 1090. The zero-order chi connectivity index (χ0) is 23.2. The number of rotatable bonds is 9. The van der Waals surface area contributed by atoms with E-state index in [1.807, 2.05) is 12.3 Å². The highest BCUT2D eigenvalue weighted by Crippen LogP contribution is 2.34. The van der Waals surface area contributed by atoms with Crippen LogP contribution in [0.2, 0.25) is 0 Å². The number of nitrogens with two attached hydrogens (primary N) is 1. The molecule has 0 spiro atoms. The normalized spacial score (nSPS) is 14.5. The molecule has 2 heterocycles. The Kier molecular flexibility index (Phi) is 7.47. The minimum Gasteiger partial charge on any atom is -0.491 e. The molecule has 1 saturated heterocycles. The standard InChI is InChI=1S/C27H34N4O2/c1-4-20-19-23(33-18-17-32-3)10-11-24(20)31(5-2)26-12-9-21-7-6-8-25(27(21)29-26)30-15-13-22(28)14-16-30/h5-12,19,22H,2,4,13-18,28H2,1,3H3. The first-order valence-electron chi connectivity index (χ1n) is 11.7. The number of aryl methyl sites for hydroxylation is 1. The molecule has 174 valence electrons. The topological polar surface area (TPSA) is 63.9 Å². The molecule has 1 aromatic heterocycles. The Balaban J connectivity index is 1.68. The van der Waals surface area contributed by atoms with Gasteiger partial charge in [0.25, 0.3) is 0 Å². The highest BCUT2D eigenvalue weighted by molar-refractivity contribution is 5.92. The lowest BCUT2D eigenvalue weighted by molar-refractivity contribution is 0.146. The van der Waals surface area contributed by atoms with Crippen LogP contribution in [0.4, 0.5) is 17.2 Å². The second-order valence-corrected chi connectivity index (χ2v) is 8.38. The molecule has 0 radical (unpaired) electrons. The third-order valence-corrected chi connectivity index (χ3v) is 6.24. The van der Waals surface area contributed by atoms with Crippen molar-refractivity contribution in [2.75, 3.05) is 43.2 Å². The molecule has 0 aliphatic carbocycles. The summed E-state index contributed by atoms with van der Waals surface area (Å²) < 4.78 is 10.9. The van der Waals surface area contributed by atoms with Crippen molar-refractivity contribution in [2.24, 2.45) is 5.73 Å². The quantitative estimate of drug-likeness (QED) is 0.465. The Morgan fingerprint density at radius 2 is 1.97 bits per heavy atom. The number of fused-ring (bicyclic) bond motifs is 1. The Labute approximate surface area is 196 Å². The van der Waals surface area contributed by atoms with Crippen molar-refractivity contribution in [1.29, 1.82) is 0 Å². The third-order valence-electron chi connectivity index (χ3n) is 6.24. The fourth-order valence-electron chi connectivity index (χ4n) is 4.38. The molecule has 0 unspecified atom stereocenters. The molecule has 2 N–H and O–H groups in total. The van der Waals surface area contributed by atoms with Gasteiger partial charge in [-0.3, -0.25) is 0 Å². The number of para-hydroxylation sites is 1. The second-order valence-electron chi connectivity index (χ2n) is 8.38. The van der Waals surface area contributed by atoms with Crippen LogP contribution >= 0.6 is 0 Å². The van der Waals surface area contributed by atoms with E-state index in [2.05, 4.69) is 65.8 Å². The predicted octanol–water partition coefficient (Wildman–Crippen LogP) is 5.03. The number of methoxy groups -OCH3 is 1. The maximum absolute atomic E-state index is 6.13. The maximum Gasteiger partial charge on any atom is 0.137 e. The predicted molar refractivity (Wildman–Crippen MR) is 137 cm³/mol. The highest BCUT2D eigenvalue weighted by Gasteiger charge is 2.20. The van der Waals surface area contributed by atoms with Crippen LogP contribution in [-0.2, 0) is 11.2 Å². The minimum absolute atomic E-state index is 0.296. The molecule has 1 fully saturated rings. The van der Waals surface area contributed by atoms with Gasteiger partial charge in [-0.1, -0.05) is 25.6 Å². The molecule has 0 saturated carbocycles. The van der Waals surface area contributed by atoms with Gasteiger partial charge in [-0.25, -0.2) is 4.98 Å². The molecule has 6 heteroatoms. The van der Waals surface area contributed by atoms with E-state index in [-0.39, 0.29) is 0 Å². The number of pyridine rings is 1. The second kappa shape index (κ2) is 10.7. The smallest absolute Gasteiger partial charge is 0.137 e. The summed E-state index contributed by atoms with van der Waals surface area (Å²) in [6.07, 6.45) is 4.71. The minimum atomic E-state index is 0.296. The van der Waals surface area contributed by atoms with E-state index < -0.39 is 0 Å². The molecule has 6 nitrogen and oxygen atoms in total. The van der Waals surface area contributed by atoms with E-state index in [9.17, 15) is 0 Å². The number of anilines is 3. The lowest BCUT2D eigenvalue weighted by atomic mass is 10.0. The van der Waals surface area contributed by atoms with Crippen molar-refractivity contribution < 1.29 is 9.47 Å². The first-order valence-corrected chi connectivity index (χ1v) is 11.7. The van der Waals surface area contributed by atoms with Crippen molar-refractivity contribution in [3.63, 3.8) is 0 Å². The number of hydrogen-bond acceptors (Lipinski definition) is 6. The van der Waals surface area contributed by atoms with Crippen LogP contribution in [0.1, 0.15) is 25.3 Å². The van der Waals surface area contributed by atoms with Crippen molar-refractivity contribution >= 4 is 28.1 Å². The third kappa shape index (κ3) is 5.13. The molecule has 1 aliphatic rings. The number of benzene rings is 2. The average Bonchev–Trinajstić information content (AvgIpc) is 2.85. The molecule has 2 aromatic carbocycles. The van der Waals surface area contributed by atoms with Gasteiger partial charge in [0, 0.05) is 37.8 Å². The van der Waals surface area contributed by atoms with Gasteiger partial charge in [-0.15, -0.1) is 0 Å². The Morgan fingerprint density at radius 1 is 1.15 bits per heavy atom. The molecule has 0 atom stereocenters. The summed E-state index contributed by atoms with van der Waals surface area (Å²) in [5.74, 6) is 1.69. The number of aromatic nitrogens is 1. The lowest BCUT2D eigenvalue weighted by Gasteiger charge is -2.32. The highest BCUT2D eigenvalue weighted by atomic mass is 16.5. The van der Waals surface area contributed by atoms with Crippen LogP contribution < -0.4 is 20.3 Å². The van der Waals surface area contributed by atoms with E-state index in [4.69, 9.17) is 20.2 Å². The van der Waals surface area contributed by atoms with E-state index >= 15 is 0 Å². The van der Waals surface area contributed by atoms with Crippen molar-refractivity contribution in [1.82, 2.24) is 4.98 Å². The van der Waals surface area contributed by atoms with Gasteiger partial charge in [0.2, 0.25) is 0 Å². The molecular formula is C27H34N4O2. The van der Waals surface area contributed by atoms with Crippen LogP contribution in [0.5, 0.6) is 5.75 Å². The molecule has 4 rings (SSSR count). The van der Waals surface area contributed by atoms with Gasteiger partial charge < -0.3 is 25.0 Å². The fourth-order valence-corrected chi connectivity index (χ4v) is 4.38. The molecular weight excluding hydrogens is 412 g/mol. The number of hydrogen-bond donors (Lipinski definition) is 1. The van der Waals surface area contributed by atoms with Gasteiger partial charge in [0.05, 0.1) is 23.5 Å². The van der Waals surface area contributed by atoms with Gasteiger partial charge >= 0.3 is 0 Å². The summed E-state index contributed by atoms with van der Waals surface area (Å²) in [7, 11) is 1.67. The number of nitrogens with zero attached hydrogens (tertiary/aromatic N) is 3. The van der Waals surface area contributed by atoms with Crippen LogP contribution in [0.15, 0.2) is 61.3 Å². The summed E-state index contributed by atoms with van der Waals surface area (Å²) in [6.45, 7) is 9.24. The van der Waals surface area contributed by atoms with Crippen LogP contribution in [0, 0.1) is 0 Å². The molecule has 0 amide bonds. The summed E-state index contributed by atoms with van der Waals surface area (Å²) in [6, 6.07) is 17.0. The summed E-state index contributed by atoms with van der Waals surface area (Å²) in [5, 5.41) is 1.13. The van der Waals surface area contributed by atoms with Gasteiger partial charge in [-0.2, -0.15) is 0 Å². The summed E-state index contributed by atoms with van der Waals surface area (Å²) >= 11 is 0. The monoisotopic (exact) mass is 446 g/mol. The van der Waals surface area contributed by atoms with Gasteiger partial charge in [0.15, 0.2) is 0 Å². The van der Waals surface area contributed by atoms with Crippen molar-refractivity contribution in [2.45, 2.75) is 32.2 Å². The zero-order valence-corrected chi connectivity index (χ0v) is 19.7. The summed E-state index contributed by atoms with van der Waals surface area (Å²) in [5.41, 5.74) is 10.5. The molecule has 1 aliphatic heterocycles. The molecule has 0 bridgehead atoms. The van der Waals surface area contributed by atoms with Crippen LogP contribution in [0.3, 0.4) is 0 Å². The number of ether oxygens (including phenoxy) is 2. The first-order chi connectivity index (χ1) is 16.1. The van der Waals surface area contributed by atoms with E-state index in [0.29, 0.717) is 19.3 Å². The summed E-state index contributed by atoms with van der Waals surface area (Å²) in [4.78, 5) is 9.57. The maximum atomic E-state index is 6.13. The average molecular weight is 447 g/mol. The van der Waals surface area contributed by atoms with E-state index in [0.717, 1.165) is 60.5 Å². The SMILES string of the molecule is C=CN(c1ccc2cccc(N3CCC(N)CC3)c2n1)c1ccc(OCCOC)cc1CC.